The van der Waals surface area contributed by atoms with Crippen LogP contribution in [0.5, 0.6) is 0 Å². The van der Waals surface area contributed by atoms with Gasteiger partial charge in [-0.15, -0.1) is 0 Å². The Morgan fingerprint density at radius 2 is 1.41 bits per heavy atom. The molecule has 0 saturated heterocycles. The topological polar surface area (TPSA) is 12.0 Å². The number of hydrogen-bond acceptors (Lipinski definition) is 1. The summed E-state index contributed by atoms with van der Waals surface area (Å²) >= 11 is 0. The van der Waals surface area contributed by atoms with Crippen LogP contribution in [0.15, 0.2) is 24.3 Å². The summed E-state index contributed by atoms with van der Waals surface area (Å²) in [6.07, 6.45) is 10.6. The lowest BCUT2D eigenvalue weighted by molar-refractivity contribution is 0.454. The van der Waals surface area contributed by atoms with E-state index in [4.69, 9.17) is 0 Å². The predicted octanol–water partition coefficient (Wildman–Crippen LogP) is 5.77. The molecule has 0 aliphatic rings. The maximum atomic E-state index is 3.53. The van der Waals surface area contributed by atoms with Gasteiger partial charge in [-0.3, -0.25) is 0 Å². The van der Waals surface area contributed by atoms with Crippen molar-refractivity contribution in [1.82, 2.24) is 5.32 Å². The number of unbranched alkanes of at least 4 members (excludes halogenated alkanes) is 4. The molecular formula is C21H37N. The van der Waals surface area contributed by atoms with E-state index in [2.05, 4.69) is 57.3 Å². The largest absolute Gasteiger partial charge is 0.314 e. The van der Waals surface area contributed by atoms with Crippen LogP contribution in [0.25, 0.3) is 0 Å². The zero-order valence-electron chi connectivity index (χ0n) is 15.3. The van der Waals surface area contributed by atoms with Crippen molar-refractivity contribution in [3.8, 4) is 0 Å². The van der Waals surface area contributed by atoms with E-state index in [0.717, 1.165) is 12.5 Å². The molecule has 0 saturated carbocycles. The fraction of sp³-hybridized carbons (Fsp3) is 0.714. The van der Waals surface area contributed by atoms with Crippen LogP contribution < -0.4 is 5.32 Å². The molecule has 0 spiro atoms. The molecule has 126 valence electrons. The Morgan fingerprint density at radius 1 is 0.818 bits per heavy atom. The first-order valence-electron chi connectivity index (χ1n) is 9.43. The van der Waals surface area contributed by atoms with E-state index in [1.54, 1.807) is 0 Å². The van der Waals surface area contributed by atoms with Crippen molar-refractivity contribution in [2.75, 3.05) is 6.54 Å². The zero-order valence-corrected chi connectivity index (χ0v) is 15.3. The normalized spacial score (nSPS) is 12.8. The van der Waals surface area contributed by atoms with Gasteiger partial charge in [0.1, 0.15) is 0 Å². The van der Waals surface area contributed by atoms with Crippen molar-refractivity contribution in [3.05, 3.63) is 35.4 Å². The van der Waals surface area contributed by atoms with Crippen molar-refractivity contribution in [2.45, 2.75) is 85.1 Å². The van der Waals surface area contributed by atoms with E-state index in [0.29, 0.717) is 6.04 Å². The Hall–Kier alpha value is -0.820. The third-order valence-corrected chi connectivity index (χ3v) is 4.39. The monoisotopic (exact) mass is 303 g/mol. The summed E-state index contributed by atoms with van der Waals surface area (Å²) in [5.41, 5.74) is 3.00. The second-order valence-electron chi connectivity index (χ2n) is 7.19. The molecule has 1 heteroatoms. The molecule has 1 N–H and O–H groups in total. The summed E-state index contributed by atoms with van der Waals surface area (Å²) in [5, 5.41) is 3.53. The van der Waals surface area contributed by atoms with Gasteiger partial charge in [-0.1, -0.05) is 77.6 Å². The van der Waals surface area contributed by atoms with Crippen LogP contribution in [0.4, 0.5) is 0 Å². The molecule has 0 aromatic heterocycles. The van der Waals surface area contributed by atoms with Crippen LogP contribution in [0, 0.1) is 5.92 Å². The summed E-state index contributed by atoms with van der Waals surface area (Å²) in [6.45, 7) is 10.2. The number of aryl methyl sites for hydroxylation is 2. The van der Waals surface area contributed by atoms with E-state index in [-0.39, 0.29) is 0 Å². The summed E-state index contributed by atoms with van der Waals surface area (Å²) in [4.78, 5) is 0. The number of nitrogens with one attached hydrogen (secondary N) is 1. The third-order valence-electron chi connectivity index (χ3n) is 4.39. The van der Waals surface area contributed by atoms with E-state index in [1.165, 1.54) is 62.5 Å². The number of rotatable bonds is 12. The Kier molecular flexibility index (Phi) is 10.2. The molecule has 0 heterocycles. The molecule has 0 fully saturated rings. The molecule has 1 aromatic rings. The van der Waals surface area contributed by atoms with Gasteiger partial charge in [0.15, 0.2) is 0 Å². The van der Waals surface area contributed by atoms with Gasteiger partial charge in [0, 0.05) is 6.04 Å². The van der Waals surface area contributed by atoms with Gasteiger partial charge < -0.3 is 5.32 Å². The molecule has 0 aliphatic carbocycles. The molecule has 0 radical (unpaired) electrons. The van der Waals surface area contributed by atoms with E-state index < -0.39 is 0 Å². The predicted molar refractivity (Wildman–Crippen MR) is 99.5 cm³/mol. The Labute approximate surface area is 138 Å². The lowest BCUT2D eigenvalue weighted by Crippen LogP contribution is -2.28. The van der Waals surface area contributed by atoms with Crippen LogP contribution in [-0.4, -0.2) is 12.6 Å². The minimum atomic E-state index is 0.596. The van der Waals surface area contributed by atoms with Crippen molar-refractivity contribution in [2.24, 2.45) is 5.92 Å². The minimum Gasteiger partial charge on any atom is -0.314 e. The van der Waals surface area contributed by atoms with Crippen LogP contribution in [-0.2, 0) is 12.8 Å². The summed E-state index contributed by atoms with van der Waals surface area (Å²) in [7, 11) is 0. The standard InChI is InChI=1S/C21H37N/c1-5-6-7-8-9-10-20-13-15-21(16-14-20)12-11-19(4)17-22-18(2)3/h13-16,18-19,22H,5-12,17H2,1-4H3. The molecule has 1 nitrogen and oxygen atoms in total. The Bertz CT molecular complexity index is 366. The SMILES string of the molecule is CCCCCCCc1ccc(CCC(C)CNC(C)C)cc1. The smallest absolute Gasteiger partial charge is 0.00104 e. The van der Waals surface area contributed by atoms with Gasteiger partial charge >= 0.3 is 0 Å². The van der Waals surface area contributed by atoms with Crippen molar-refractivity contribution in [3.63, 3.8) is 0 Å². The quantitative estimate of drug-likeness (QED) is 0.484. The zero-order chi connectivity index (χ0) is 16.2. The molecule has 22 heavy (non-hydrogen) atoms. The van der Waals surface area contributed by atoms with Crippen molar-refractivity contribution >= 4 is 0 Å². The highest BCUT2D eigenvalue weighted by molar-refractivity contribution is 5.22. The van der Waals surface area contributed by atoms with E-state index >= 15 is 0 Å². The average Bonchev–Trinajstić information content (AvgIpc) is 2.52. The molecule has 0 bridgehead atoms. The third kappa shape index (κ3) is 9.25. The lowest BCUT2D eigenvalue weighted by Gasteiger charge is -2.14. The first kappa shape index (κ1) is 19.2. The van der Waals surface area contributed by atoms with E-state index in [1.807, 2.05) is 0 Å². The molecular weight excluding hydrogens is 266 g/mol. The second-order valence-corrected chi connectivity index (χ2v) is 7.19. The molecule has 1 rings (SSSR count). The molecule has 1 aromatic carbocycles. The summed E-state index contributed by atoms with van der Waals surface area (Å²) < 4.78 is 0. The highest BCUT2D eigenvalue weighted by Gasteiger charge is 2.04. The fourth-order valence-corrected chi connectivity index (χ4v) is 2.76. The maximum Gasteiger partial charge on any atom is 0.00104 e. The number of benzene rings is 1. The molecule has 0 amide bonds. The summed E-state index contributed by atoms with van der Waals surface area (Å²) in [5.74, 6) is 0.751. The highest BCUT2D eigenvalue weighted by Crippen LogP contribution is 2.13. The Morgan fingerprint density at radius 3 is 2.00 bits per heavy atom. The Balaban J connectivity index is 2.21. The van der Waals surface area contributed by atoms with Crippen LogP contribution in [0.2, 0.25) is 0 Å². The number of hydrogen-bond donors (Lipinski definition) is 1. The van der Waals surface area contributed by atoms with Crippen LogP contribution in [0.3, 0.4) is 0 Å². The highest BCUT2D eigenvalue weighted by atomic mass is 14.9. The van der Waals surface area contributed by atoms with Crippen LogP contribution >= 0.6 is 0 Å². The second kappa shape index (κ2) is 11.7. The molecule has 0 aliphatic heterocycles. The molecule has 1 unspecified atom stereocenters. The average molecular weight is 304 g/mol. The van der Waals surface area contributed by atoms with Gasteiger partial charge in [-0.25, -0.2) is 0 Å². The summed E-state index contributed by atoms with van der Waals surface area (Å²) in [6, 6.07) is 9.95. The van der Waals surface area contributed by atoms with Gasteiger partial charge in [-0.2, -0.15) is 0 Å². The first-order chi connectivity index (χ1) is 10.6. The van der Waals surface area contributed by atoms with Crippen LogP contribution in [0.1, 0.15) is 77.3 Å². The first-order valence-corrected chi connectivity index (χ1v) is 9.43. The van der Waals surface area contributed by atoms with E-state index in [9.17, 15) is 0 Å². The minimum absolute atomic E-state index is 0.596. The van der Waals surface area contributed by atoms with Gasteiger partial charge in [0.25, 0.3) is 0 Å². The van der Waals surface area contributed by atoms with Crippen molar-refractivity contribution < 1.29 is 0 Å². The molecule has 1 atom stereocenters. The van der Waals surface area contributed by atoms with Gasteiger partial charge in [0.2, 0.25) is 0 Å². The maximum absolute atomic E-state index is 3.53. The van der Waals surface area contributed by atoms with Gasteiger partial charge in [0.05, 0.1) is 0 Å². The lowest BCUT2D eigenvalue weighted by atomic mass is 9.98. The fourth-order valence-electron chi connectivity index (χ4n) is 2.76. The van der Waals surface area contributed by atoms with Crippen molar-refractivity contribution in [1.29, 1.82) is 0 Å². The van der Waals surface area contributed by atoms with Gasteiger partial charge in [-0.05, 0) is 49.3 Å².